The summed E-state index contributed by atoms with van der Waals surface area (Å²) in [6, 6.07) is 7.52. The summed E-state index contributed by atoms with van der Waals surface area (Å²) >= 11 is 0. The monoisotopic (exact) mass is 397 g/mol. The standard InChI is InChI=1S/C19H27N9O/c20-8-9-24-28-13-5-3-4-12(10-13)25-18-14(17(22)29)11-23-19(27-18)26-16-7-2-1-6-15(16)21/h3-5,8-11,15-17,20,28-29H,1-2,6-7,21-22H2,(H2,23,25,26,27)/b20-8?,24-9-/t15-,16+,17?/m0/s1. The first-order valence-electron chi connectivity index (χ1n) is 9.54. The van der Waals surface area contributed by atoms with Crippen molar-refractivity contribution in [3.05, 3.63) is 36.0 Å². The van der Waals surface area contributed by atoms with Crippen LogP contribution in [0.1, 0.15) is 37.5 Å². The molecule has 0 aliphatic heterocycles. The second-order valence-corrected chi connectivity index (χ2v) is 6.90. The Hall–Kier alpha value is -3.08. The van der Waals surface area contributed by atoms with Crippen molar-refractivity contribution < 1.29 is 5.11 Å². The predicted molar refractivity (Wildman–Crippen MR) is 116 cm³/mol. The molecule has 9 N–H and O–H groups in total. The third-order valence-corrected chi connectivity index (χ3v) is 4.74. The molecule has 1 saturated carbocycles. The Labute approximate surface area is 169 Å². The Morgan fingerprint density at radius 3 is 2.83 bits per heavy atom. The number of anilines is 4. The van der Waals surface area contributed by atoms with Crippen LogP contribution in [-0.2, 0) is 0 Å². The molecule has 1 aromatic heterocycles. The molecule has 0 radical (unpaired) electrons. The average molecular weight is 397 g/mol. The van der Waals surface area contributed by atoms with Gasteiger partial charge in [0.25, 0.3) is 0 Å². The van der Waals surface area contributed by atoms with Crippen molar-refractivity contribution in [2.45, 2.75) is 44.0 Å². The van der Waals surface area contributed by atoms with Crippen LogP contribution in [0.25, 0.3) is 0 Å². The van der Waals surface area contributed by atoms with Gasteiger partial charge in [-0.15, -0.1) is 0 Å². The van der Waals surface area contributed by atoms with Crippen LogP contribution in [0.5, 0.6) is 0 Å². The van der Waals surface area contributed by atoms with E-state index in [-0.39, 0.29) is 12.1 Å². The second kappa shape index (κ2) is 9.92. The van der Waals surface area contributed by atoms with Crippen LogP contribution in [0, 0.1) is 5.41 Å². The lowest BCUT2D eigenvalue weighted by Gasteiger charge is -2.29. The van der Waals surface area contributed by atoms with Crippen LogP contribution in [0.15, 0.2) is 35.6 Å². The fourth-order valence-electron chi connectivity index (χ4n) is 3.23. The highest BCUT2D eigenvalue weighted by Gasteiger charge is 2.23. The summed E-state index contributed by atoms with van der Waals surface area (Å²) in [4.78, 5) is 8.80. The van der Waals surface area contributed by atoms with E-state index in [4.69, 9.17) is 16.9 Å². The second-order valence-electron chi connectivity index (χ2n) is 6.90. The highest BCUT2D eigenvalue weighted by atomic mass is 16.3. The quantitative estimate of drug-likeness (QED) is 0.201. The Morgan fingerprint density at radius 2 is 2.07 bits per heavy atom. The van der Waals surface area contributed by atoms with Crippen LogP contribution >= 0.6 is 0 Å². The maximum atomic E-state index is 9.90. The molecule has 0 saturated heterocycles. The number of hydrogen-bond donors (Lipinski definition) is 7. The van der Waals surface area contributed by atoms with E-state index in [0.717, 1.165) is 43.3 Å². The highest BCUT2D eigenvalue weighted by molar-refractivity contribution is 6.14. The van der Waals surface area contributed by atoms with E-state index < -0.39 is 6.23 Å². The van der Waals surface area contributed by atoms with E-state index in [0.29, 0.717) is 17.3 Å². The number of aliphatic hydroxyl groups excluding tert-OH is 1. The van der Waals surface area contributed by atoms with Gasteiger partial charge in [0.2, 0.25) is 5.95 Å². The maximum absolute atomic E-state index is 9.90. The van der Waals surface area contributed by atoms with Crippen LogP contribution < -0.4 is 27.5 Å². The number of aromatic nitrogens is 2. The van der Waals surface area contributed by atoms with Gasteiger partial charge >= 0.3 is 0 Å². The van der Waals surface area contributed by atoms with Crippen molar-refractivity contribution in [2.75, 3.05) is 16.1 Å². The van der Waals surface area contributed by atoms with Gasteiger partial charge < -0.3 is 32.6 Å². The molecule has 1 heterocycles. The molecule has 0 bridgehead atoms. The predicted octanol–water partition coefficient (Wildman–Crippen LogP) is 1.90. The number of rotatable bonds is 8. The molecule has 3 atom stereocenters. The van der Waals surface area contributed by atoms with Gasteiger partial charge in [-0.2, -0.15) is 10.1 Å². The first-order valence-corrected chi connectivity index (χ1v) is 9.54. The molecule has 1 unspecified atom stereocenters. The largest absolute Gasteiger partial charge is 0.374 e. The van der Waals surface area contributed by atoms with E-state index in [1.165, 1.54) is 12.4 Å². The fraction of sp³-hybridized carbons (Fsp3) is 0.368. The molecule has 3 rings (SSSR count). The van der Waals surface area contributed by atoms with Crippen LogP contribution in [-0.4, -0.2) is 39.6 Å². The normalized spacial score (nSPS) is 20.2. The van der Waals surface area contributed by atoms with Crippen molar-refractivity contribution in [2.24, 2.45) is 16.6 Å². The lowest BCUT2D eigenvalue weighted by molar-refractivity contribution is 0.186. The number of benzene rings is 1. The zero-order valence-corrected chi connectivity index (χ0v) is 16.0. The molecule has 1 aromatic carbocycles. The smallest absolute Gasteiger partial charge is 0.224 e. The first-order chi connectivity index (χ1) is 14.1. The third-order valence-electron chi connectivity index (χ3n) is 4.74. The zero-order chi connectivity index (χ0) is 20.6. The lowest BCUT2D eigenvalue weighted by atomic mass is 9.91. The van der Waals surface area contributed by atoms with Gasteiger partial charge in [-0.3, -0.25) is 5.43 Å². The summed E-state index contributed by atoms with van der Waals surface area (Å²) < 4.78 is 0. The summed E-state index contributed by atoms with van der Waals surface area (Å²) in [6.45, 7) is 0. The summed E-state index contributed by atoms with van der Waals surface area (Å²) in [5.74, 6) is 0.839. The molecule has 0 spiro atoms. The Kier molecular flexibility index (Phi) is 7.06. The molecule has 1 aliphatic carbocycles. The van der Waals surface area contributed by atoms with E-state index in [1.54, 1.807) is 0 Å². The fourth-order valence-corrected chi connectivity index (χ4v) is 3.23. The van der Waals surface area contributed by atoms with Crippen molar-refractivity contribution in [3.63, 3.8) is 0 Å². The van der Waals surface area contributed by atoms with Crippen LogP contribution in [0.4, 0.5) is 23.1 Å². The van der Waals surface area contributed by atoms with Crippen molar-refractivity contribution in [3.8, 4) is 0 Å². The van der Waals surface area contributed by atoms with Crippen molar-refractivity contribution in [1.29, 1.82) is 5.41 Å². The van der Waals surface area contributed by atoms with E-state index in [2.05, 4.69) is 31.1 Å². The molecular weight excluding hydrogens is 370 g/mol. The molecular formula is C19H27N9O. The Morgan fingerprint density at radius 1 is 1.28 bits per heavy atom. The molecule has 154 valence electrons. The molecule has 2 aromatic rings. The molecule has 10 heteroatoms. The van der Waals surface area contributed by atoms with Crippen molar-refractivity contribution >= 4 is 35.6 Å². The number of nitrogens with zero attached hydrogens (tertiary/aromatic N) is 3. The van der Waals surface area contributed by atoms with E-state index in [9.17, 15) is 5.11 Å². The van der Waals surface area contributed by atoms with Gasteiger partial charge in [-0.1, -0.05) is 18.9 Å². The van der Waals surface area contributed by atoms with E-state index >= 15 is 0 Å². The minimum Gasteiger partial charge on any atom is -0.374 e. The molecule has 0 amide bonds. The van der Waals surface area contributed by atoms with Gasteiger partial charge in [0.15, 0.2) is 0 Å². The molecule has 29 heavy (non-hydrogen) atoms. The van der Waals surface area contributed by atoms with Crippen LogP contribution in [0.3, 0.4) is 0 Å². The molecule has 1 aliphatic rings. The Bertz CT molecular complexity index is 855. The number of nitrogens with one attached hydrogen (secondary N) is 4. The lowest BCUT2D eigenvalue weighted by Crippen LogP contribution is -2.43. The highest BCUT2D eigenvalue weighted by Crippen LogP contribution is 2.26. The number of hydrogen-bond acceptors (Lipinski definition) is 10. The number of hydrazone groups is 1. The zero-order valence-electron chi connectivity index (χ0n) is 16.0. The summed E-state index contributed by atoms with van der Waals surface area (Å²) in [6.07, 6.45) is 6.91. The number of nitrogens with two attached hydrogens (primary N) is 2. The summed E-state index contributed by atoms with van der Waals surface area (Å²) in [5, 5.41) is 27.2. The average Bonchev–Trinajstić information content (AvgIpc) is 2.70. The summed E-state index contributed by atoms with van der Waals surface area (Å²) in [5.41, 5.74) is 16.5. The minimum atomic E-state index is -1.22. The summed E-state index contributed by atoms with van der Waals surface area (Å²) in [7, 11) is 0. The number of aliphatic hydroxyl groups is 1. The topological polar surface area (TPSA) is 170 Å². The van der Waals surface area contributed by atoms with Crippen LogP contribution in [0.2, 0.25) is 0 Å². The van der Waals surface area contributed by atoms with Crippen molar-refractivity contribution in [1.82, 2.24) is 9.97 Å². The molecule has 1 fully saturated rings. The molecule has 10 nitrogen and oxygen atoms in total. The maximum Gasteiger partial charge on any atom is 0.224 e. The van der Waals surface area contributed by atoms with Gasteiger partial charge in [-0.05, 0) is 31.0 Å². The minimum absolute atomic E-state index is 0.0628. The Balaban J connectivity index is 1.80. The van der Waals surface area contributed by atoms with E-state index in [1.807, 2.05) is 24.3 Å². The first kappa shape index (κ1) is 20.6. The van der Waals surface area contributed by atoms with Gasteiger partial charge in [0.05, 0.1) is 17.5 Å². The van der Waals surface area contributed by atoms with Gasteiger partial charge in [0.1, 0.15) is 12.0 Å². The third kappa shape index (κ3) is 5.70. The SMILES string of the molecule is N=C/C=N\Nc1cccc(Nc2nc(N[C@@H]3CCCC[C@@H]3N)ncc2C(N)O)c1. The van der Waals surface area contributed by atoms with Gasteiger partial charge in [0, 0.05) is 30.2 Å². The van der Waals surface area contributed by atoms with Gasteiger partial charge in [-0.25, -0.2) is 4.98 Å².